The number of methoxy groups -OCH3 is 2. The van der Waals surface area contributed by atoms with Crippen molar-refractivity contribution in [3.8, 4) is 11.5 Å². The van der Waals surface area contributed by atoms with Crippen molar-refractivity contribution in [1.82, 2.24) is 4.90 Å². The monoisotopic (exact) mass is 299 g/mol. The number of nitrogens with zero attached hydrogens (tertiary/aromatic N) is 1. The van der Waals surface area contributed by atoms with Gasteiger partial charge in [-0.3, -0.25) is 9.59 Å². The van der Waals surface area contributed by atoms with Crippen LogP contribution in [0.1, 0.15) is 23.7 Å². The number of rotatable bonds is 7. The fourth-order valence-corrected chi connectivity index (χ4v) is 1.89. The molecule has 0 bridgehead atoms. The minimum absolute atomic E-state index is 0.00345. The second-order valence-electron chi connectivity index (χ2n) is 4.19. The highest BCUT2D eigenvalue weighted by molar-refractivity contribution is 5.98. The zero-order valence-corrected chi connectivity index (χ0v) is 12.2. The van der Waals surface area contributed by atoms with Gasteiger partial charge in [0.1, 0.15) is 11.4 Å². The number of aliphatic carboxylic acids is 1. The highest BCUT2D eigenvalue weighted by Crippen LogP contribution is 2.33. The summed E-state index contributed by atoms with van der Waals surface area (Å²) in [6.07, 6.45) is -0.215. The summed E-state index contributed by atoms with van der Waals surface area (Å²) in [6, 6.07) is 2.47. The van der Waals surface area contributed by atoms with E-state index in [1.807, 2.05) is 0 Å². The standard InChI is InChI=1S/C14H18FNO5/c1-4-16(8-7-11(17)18)14(19)12-9(15)5-6-10(20-2)13(12)21-3/h5-6H,4,7-8H2,1-3H3,(H,17,18). The molecule has 0 aliphatic rings. The molecule has 0 aliphatic heterocycles. The van der Waals surface area contributed by atoms with Gasteiger partial charge in [0.2, 0.25) is 0 Å². The fraction of sp³-hybridized carbons (Fsp3) is 0.429. The molecule has 21 heavy (non-hydrogen) atoms. The lowest BCUT2D eigenvalue weighted by Gasteiger charge is -2.22. The zero-order chi connectivity index (χ0) is 16.0. The Hall–Kier alpha value is -2.31. The van der Waals surface area contributed by atoms with Crippen molar-refractivity contribution in [3.05, 3.63) is 23.5 Å². The first kappa shape index (κ1) is 16.7. The van der Waals surface area contributed by atoms with Crippen LogP contribution in [0.5, 0.6) is 11.5 Å². The van der Waals surface area contributed by atoms with Gasteiger partial charge in [-0.2, -0.15) is 0 Å². The van der Waals surface area contributed by atoms with Crippen molar-refractivity contribution in [2.45, 2.75) is 13.3 Å². The molecule has 1 aromatic rings. The predicted molar refractivity (Wildman–Crippen MR) is 73.3 cm³/mol. The van der Waals surface area contributed by atoms with Crippen molar-refractivity contribution in [2.75, 3.05) is 27.3 Å². The van der Waals surface area contributed by atoms with Crippen LogP contribution in [0.15, 0.2) is 12.1 Å². The van der Waals surface area contributed by atoms with Gasteiger partial charge in [-0.1, -0.05) is 0 Å². The van der Waals surface area contributed by atoms with Crippen LogP contribution in [0.3, 0.4) is 0 Å². The molecule has 0 fully saturated rings. The normalized spacial score (nSPS) is 10.1. The van der Waals surface area contributed by atoms with Gasteiger partial charge < -0.3 is 19.5 Å². The Morgan fingerprint density at radius 1 is 1.29 bits per heavy atom. The number of benzene rings is 1. The summed E-state index contributed by atoms with van der Waals surface area (Å²) in [5.74, 6) is -2.18. The van der Waals surface area contributed by atoms with E-state index in [-0.39, 0.29) is 36.6 Å². The van der Waals surface area contributed by atoms with E-state index in [0.717, 1.165) is 6.07 Å². The number of carboxylic acid groups (broad SMARTS) is 1. The first-order chi connectivity index (χ1) is 9.96. The number of carbonyl (C=O) groups excluding carboxylic acids is 1. The van der Waals surface area contributed by atoms with E-state index in [9.17, 15) is 14.0 Å². The lowest BCUT2D eigenvalue weighted by molar-refractivity contribution is -0.137. The van der Waals surface area contributed by atoms with Gasteiger partial charge in [0.05, 0.1) is 20.6 Å². The number of amides is 1. The molecular weight excluding hydrogens is 281 g/mol. The molecule has 0 saturated heterocycles. The highest BCUT2D eigenvalue weighted by atomic mass is 19.1. The molecule has 1 N–H and O–H groups in total. The minimum atomic E-state index is -1.03. The molecule has 0 radical (unpaired) electrons. The number of hydrogen-bond acceptors (Lipinski definition) is 4. The van der Waals surface area contributed by atoms with E-state index in [0.29, 0.717) is 0 Å². The molecular formula is C14H18FNO5. The quantitative estimate of drug-likeness (QED) is 0.830. The number of carboxylic acids is 1. The van der Waals surface area contributed by atoms with Gasteiger partial charge in [-0.05, 0) is 19.1 Å². The topological polar surface area (TPSA) is 76.1 Å². The molecule has 116 valence electrons. The highest BCUT2D eigenvalue weighted by Gasteiger charge is 2.25. The maximum Gasteiger partial charge on any atom is 0.305 e. The fourth-order valence-electron chi connectivity index (χ4n) is 1.89. The van der Waals surface area contributed by atoms with Gasteiger partial charge in [-0.25, -0.2) is 4.39 Å². The van der Waals surface area contributed by atoms with Crippen LogP contribution in [-0.4, -0.2) is 49.2 Å². The Morgan fingerprint density at radius 2 is 1.95 bits per heavy atom. The summed E-state index contributed by atoms with van der Waals surface area (Å²) in [6.45, 7) is 1.93. The third kappa shape index (κ3) is 3.84. The largest absolute Gasteiger partial charge is 0.493 e. The van der Waals surface area contributed by atoms with Crippen molar-refractivity contribution in [1.29, 1.82) is 0 Å². The van der Waals surface area contributed by atoms with E-state index in [4.69, 9.17) is 14.6 Å². The lowest BCUT2D eigenvalue weighted by atomic mass is 10.1. The molecule has 1 rings (SSSR count). The Labute approximate surface area is 122 Å². The first-order valence-corrected chi connectivity index (χ1v) is 6.37. The summed E-state index contributed by atoms with van der Waals surface area (Å²) in [5, 5.41) is 8.69. The molecule has 0 aliphatic carbocycles. The van der Waals surface area contributed by atoms with Crippen molar-refractivity contribution >= 4 is 11.9 Å². The van der Waals surface area contributed by atoms with Crippen molar-refractivity contribution in [3.63, 3.8) is 0 Å². The van der Waals surface area contributed by atoms with Gasteiger partial charge in [0, 0.05) is 13.1 Å². The maximum absolute atomic E-state index is 14.0. The minimum Gasteiger partial charge on any atom is -0.493 e. The number of ether oxygens (including phenoxy) is 2. The molecule has 0 heterocycles. The molecule has 0 atom stereocenters. The second-order valence-corrected chi connectivity index (χ2v) is 4.19. The van der Waals surface area contributed by atoms with E-state index in [2.05, 4.69) is 0 Å². The van der Waals surface area contributed by atoms with E-state index in [1.54, 1.807) is 6.92 Å². The number of carbonyl (C=O) groups is 2. The van der Waals surface area contributed by atoms with Crippen LogP contribution in [0.25, 0.3) is 0 Å². The summed E-state index contributed by atoms with van der Waals surface area (Å²) < 4.78 is 24.1. The Bertz CT molecular complexity index is 532. The number of halogens is 1. The average molecular weight is 299 g/mol. The van der Waals surface area contributed by atoms with E-state index in [1.165, 1.54) is 25.2 Å². The third-order valence-corrected chi connectivity index (χ3v) is 2.97. The predicted octanol–water partition coefficient (Wildman–Crippen LogP) is 1.78. The Morgan fingerprint density at radius 3 is 2.43 bits per heavy atom. The third-order valence-electron chi connectivity index (χ3n) is 2.97. The van der Waals surface area contributed by atoms with Crippen molar-refractivity contribution < 1.29 is 28.6 Å². The van der Waals surface area contributed by atoms with E-state index < -0.39 is 17.7 Å². The van der Waals surface area contributed by atoms with E-state index >= 15 is 0 Å². The van der Waals surface area contributed by atoms with Crippen LogP contribution in [0.2, 0.25) is 0 Å². The van der Waals surface area contributed by atoms with Gasteiger partial charge in [-0.15, -0.1) is 0 Å². The van der Waals surface area contributed by atoms with Crippen LogP contribution in [0.4, 0.5) is 4.39 Å². The summed E-state index contributed by atoms with van der Waals surface area (Å²) in [5.41, 5.74) is -0.260. The molecule has 0 saturated carbocycles. The lowest BCUT2D eigenvalue weighted by Crippen LogP contribution is -2.33. The first-order valence-electron chi connectivity index (χ1n) is 6.37. The van der Waals surface area contributed by atoms with Crippen LogP contribution < -0.4 is 9.47 Å². The molecule has 7 heteroatoms. The molecule has 0 spiro atoms. The molecule has 1 amide bonds. The number of hydrogen-bond donors (Lipinski definition) is 1. The van der Waals surface area contributed by atoms with Crippen LogP contribution >= 0.6 is 0 Å². The Balaban J connectivity index is 3.17. The van der Waals surface area contributed by atoms with Crippen LogP contribution in [-0.2, 0) is 4.79 Å². The summed E-state index contributed by atoms with van der Waals surface area (Å²) in [4.78, 5) is 24.3. The maximum atomic E-state index is 14.0. The zero-order valence-electron chi connectivity index (χ0n) is 12.2. The second kappa shape index (κ2) is 7.47. The van der Waals surface area contributed by atoms with Crippen LogP contribution in [0, 0.1) is 5.82 Å². The molecule has 6 nitrogen and oxygen atoms in total. The average Bonchev–Trinajstić information content (AvgIpc) is 2.46. The Kier molecular flexibility index (Phi) is 5.95. The van der Waals surface area contributed by atoms with Gasteiger partial charge >= 0.3 is 5.97 Å². The molecule has 0 unspecified atom stereocenters. The van der Waals surface area contributed by atoms with Gasteiger partial charge in [0.25, 0.3) is 5.91 Å². The summed E-state index contributed by atoms with van der Waals surface area (Å²) >= 11 is 0. The smallest absolute Gasteiger partial charge is 0.305 e. The van der Waals surface area contributed by atoms with Crippen molar-refractivity contribution in [2.24, 2.45) is 0 Å². The summed E-state index contributed by atoms with van der Waals surface area (Å²) in [7, 11) is 2.69. The molecule has 0 aromatic heterocycles. The molecule has 1 aromatic carbocycles. The van der Waals surface area contributed by atoms with Gasteiger partial charge in [0.15, 0.2) is 11.5 Å². The SMILES string of the molecule is CCN(CCC(=O)O)C(=O)c1c(F)ccc(OC)c1OC.